The number of hydrogen-bond acceptors (Lipinski definition) is 3. The van der Waals surface area contributed by atoms with Crippen LogP contribution in [0.3, 0.4) is 0 Å². The zero-order valence-corrected chi connectivity index (χ0v) is 12.3. The summed E-state index contributed by atoms with van der Waals surface area (Å²) in [7, 11) is 0. The number of thiazole rings is 1. The molecule has 0 spiro atoms. The Kier molecular flexibility index (Phi) is 4.69. The molecular weight excluding hydrogens is 232 g/mol. The molecule has 0 saturated carbocycles. The first-order chi connectivity index (χ1) is 7.82. The predicted molar refractivity (Wildman–Crippen MR) is 72.7 cm³/mol. The quantitative estimate of drug-likeness (QED) is 0.895. The normalized spacial score (nSPS) is 13.2. The van der Waals surface area contributed by atoms with Crippen LogP contribution >= 0.6 is 11.3 Å². The molecule has 0 radical (unpaired) electrons. The van der Waals surface area contributed by atoms with Gasteiger partial charge in [-0.25, -0.2) is 4.98 Å². The Hall–Kier alpha value is -0.900. The van der Waals surface area contributed by atoms with Crippen LogP contribution in [-0.2, 0) is 0 Å². The first-order valence-corrected chi connectivity index (χ1v) is 6.92. The van der Waals surface area contributed by atoms with Crippen LogP contribution in [0.5, 0.6) is 0 Å². The molecule has 1 amide bonds. The molecule has 0 aliphatic rings. The lowest BCUT2D eigenvalue weighted by atomic mass is 10.1. The van der Waals surface area contributed by atoms with Crippen molar-refractivity contribution in [1.82, 2.24) is 10.3 Å². The standard InChI is InChI=1S/C13H22N2OS/c1-7(2)9(5)14-12(16)11-10(6)15-13(17-11)8(3)4/h7-9H,1-6H3,(H,14,16)/t9-/m1/s1. The number of nitrogens with one attached hydrogen (secondary N) is 1. The minimum atomic E-state index is 0.00750. The summed E-state index contributed by atoms with van der Waals surface area (Å²) >= 11 is 1.51. The van der Waals surface area contributed by atoms with Crippen LogP contribution in [0, 0.1) is 12.8 Å². The molecule has 1 atom stereocenters. The molecule has 3 nitrogen and oxygen atoms in total. The van der Waals surface area contributed by atoms with E-state index < -0.39 is 0 Å². The van der Waals surface area contributed by atoms with Gasteiger partial charge in [-0.15, -0.1) is 11.3 Å². The highest BCUT2D eigenvalue weighted by molar-refractivity contribution is 7.13. The number of nitrogens with zero attached hydrogens (tertiary/aromatic N) is 1. The van der Waals surface area contributed by atoms with Gasteiger partial charge in [-0.3, -0.25) is 4.79 Å². The molecule has 0 bridgehead atoms. The summed E-state index contributed by atoms with van der Waals surface area (Å²) < 4.78 is 0. The number of carbonyl (C=O) groups excluding carboxylic acids is 1. The zero-order valence-electron chi connectivity index (χ0n) is 11.5. The van der Waals surface area contributed by atoms with Gasteiger partial charge in [0.25, 0.3) is 5.91 Å². The highest BCUT2D eigenvalue weighted by atomic mass is 32.1. The summed E-state index contributed by atoms with van der Waals surface area (Å²) in [6, 6.07) is 0.187. The van der Waals surface area contributed by atoms with E-state index in [0.29, 0.717) is 11.8 Å². The van der Waals surface area contributed by atoms with E-state index in [9.17, 15) is 4.79 Å². The Morgan fingerprint density at radius 1 is 1.24 bits per heavy atom. The maximum atomic E-state index is 12.1. The smallest absolute Gasteiger partial charge is 0.263 e. The topological polar surface area (TPSA) is 42.0 Å². The second-order valence-corrected chi connectivity index (χ2v) is 6.16. The summed E-state index contributed by atoms with van der Waals surface area (Å²) in [6.45, 7) is 12.3. The highest BCUT2D eigenvalue weighted by Crippen LogP contribution is 2.24. The molecule has 0 aliphatic carbocycles. The molecule has 1 heterocycles. The molecule has 96 valence electrons. The minimum absolute atomic E-state index is 0.00750. The summed E-state index contributed by atoms with van der Waals surface area (Å²) in [6.07, 6.45) is 0. The number of hydrogen-bond donors (Lipinski definition) is 1. The third-order valence-corrected chi connectivity index (χ3v) is 4.33. The van der Waals surface area contributed by atoms with Crippen LogP contribution in [0.25, 0.3) is 0 Å². The first kappa shape index (κ1) is 14.2. The first-order valence-electron chi connectivity index (χ1n) is 6.11. The Bertz CT molecular complexity index is 396. The number of aryl methyl sites for hydroxylation is 1. The monoisotopic (exact) mass is 254 g/mol. The van der Waals surface area contributed by atoms with Gasteiger partial charge >= 0.3 is 0 Å². The van der Waals surface area contributed by atoms with Crippen molar-refractivity contribution in [3.63, 3.8) is 0 Å². The van der Waals surface area contributed by atoms with Crippen molar-refractivity contribution >= 4 is 17.2 Å². The van der Waals surface area contributed by atoms with Gasteiger partial charge in [-0.05, 0) is 19.8 Å². The molecule has 4 heteroatoms. The Balaban J connectivity index is 2.82. The molecule has 17 heavy (non-hydrogen) atoms. The molecule has 1 aromatic heterocycles. The molecule has 1 N–H and O–H groups in total. The maximum absolute atomic E-state index is 12.1. The molecular formula is C13H22N2OS. The van der Waals surface area contributed by atoms with E-state index in [-0.39, 0.29) is 11.9 Å². The van der Waals surface area contributed by atoms with E-state index in [1.807, 2.05) is 13.8 Å². The van der Waals surface area contributed by atoms with E-state index in [4.69, 9.17) is 0 Å². The summed E-state index contributed by atoms with van der Waals surface area (Å²) in [5, 5.41) is 4.05. The van der Waals surface area contributed by atoms with E-state index in [2.05, 4.69) is 38.0 Å². The van der Waals surface area contributed by atoms with Crippen LogP contribution in [-0.4, -0.2) is 16.9 Å². The maximum Gasteiger partial charge on any atom is 0.263 e. The lowest BCUT2D eigenvalue weighted by Gasteiger charge is -2.16. The van der Waals surface area contributed by atoms with Gasteiger partial charge in [0.2, 0.25) is 0 Å². The Labute approximate surface area is 108 Å². The summed E-state index contributed by atoms with van der Waals surface area (Å²) in [5.74, 6) is 0.826. The van der Waals surface area contributed by atoms with Crippen molar-refractivity contribution in [3.8, 4) is 0 Å². The molecule has 1 aromatic rings. The fourth-order valence-corrected chi connectivity index (χ4v) is 2.29. The van der Waals surface area contributed by atoms with Crippen molar-refractivity contribution in [1.29, 1.82) is 0 Å². The molecule has 1 rings (SSSR count). The summed E-state index contributed by atoms with van der Waals surface area (Å²) in [5.41, 5.74) is 0.840. The van der Waals surface area contributed by atoms with E-state index in [1.54, 1.807) is 0 Å². The van der Waals surface area contributed by atoms with Crippen molar-refractivity contribution in [3.05, 3.63) is 15.6 Å². The van der Waals surface area contributed by atoms with Crippen molar-refractivity contribution in [2.24, 2.45) is 5.92 Å². The average molecular weight is 254 g/mol. The Morgan fingerprint density at radius 2 is 1.82 bits per heavy atom. The number of carbonyl (C=O) groups is 1. The second-order valence-electron chi connectivity index (χ2n) is 5.13. The highest BCUT2D eigenvalue weighted by Gasteiger charge is 2.19. The van der Waals surface area contributed by atoms with E-state index in [0.717, 1.165) is 15.6 Å². The van der Waals surface area contributed by atoms with Gasteiger partial charge in [0.15, 0.2) is 0 Å². The Morgan fingerprint density at radius 3 is 2.24 bits per heavy atom. The lowest BCUT2D eigenvalue weighted by Crippen LogP contribution is -2.35. The minimum Gasteiger partial charge on any atom is -0.349 e. The van der Waals surface area contributed by atoms with Gasteiger partial charge in [0.05, 0.1) is 10.7 Å². The third-order valence-electron chi connectivity index (χ3n) is 2.87. The zero-order chi connectivity index (χ0) is 13.2. The van der Waals surface area contributed by atoms with Crippen molar-refractivity contribution < 1.29 is 4.79 Å². The van der Waals surface area contributed by atoms with Gasteiger partial charge in [0, 0.05) is 12.0 Å². The van der Waals surface area contributed by atoms with Crippen LogP contribution < -0.4 is 5.32 Å². The molecule has 0 fully saturated rings. The number of aromatic nitrogens is 1. The van der Waals surface area contributed by atoms with Gasteiger partial charge in [-0.2, -0.15) is 0 Å². The average Bonchev–Trinajstić information content (AvgIpc) is 2.60. The van der Waals surface area contributed by atoms with Gasteiger partial charge < -0.3 is 5.32 Å². The molecule has 0 unspecified atom stereocenters. The van der Waals surface area contributed by atoms with Crippen LogP contribution in [0.15, 0.2) is 0 Å². The lowest BCUT2D eigenvalue weighted by molar-refractivity contribution is 0.0934. The van der Waals surface area contributed by atoms with Crippen LogP contribution in [0.4, 0.5) is 0 Å². The van der Waals surface area contributed by atoms with Crippen LogP contribution in [0.2, 0.25) is 0 Å². The fraction of sp³-hybridized carbons (Fsp3) is 0.692. The molecule has 0 aromatic carbocycles. The second kappa shape index (κ2) is 5.63. The van der Waals surface area contributed by atoms with Crippen LogP contribution in [0.1, 0.15) is 60.9 Å². The SMILES string of the molecule is Cc1nc(C(C)C)sc1C(=O)N[C@H](C)C(C)C. The van der Waals surface area contributed by atoms with Crippen molar-refractivity contribution in [2.75, 3.05) is 0 Å². The van der Waals surface area contributed by atoms with Gasteiger partial charge in [-0.1, -0.05) is 27.7 Å². The molecule has 0 saturated heterocycles. The molecule has 0 aliphatic heterocycles. The van der Waals surface area contributed by atoms with E-state index >= 15 is 0 Å². The van der Waals surface area contributed by atoms with Crippen molar-refractivity contribution in [2.45, 2.75) is 53.5 Å². The predicted octanol–water partition coefficient (Wildman–Crippen LogP) is 3.35. The van der Waals surface area contributed by atoms with Gasteiger partial charge in [0.1, 0.15) is 4.88 Å². The number of amides is 1. The summed E-state index contributed by atoms with van der Waals surface area (Å²) in [4.78, 5) is 17.3. The third kappa shape index (κ3) is 3.53. The number of rotatable bonds is 4. The van der Waals surface area contributed by atoms with E-state index in [1.165, 1.54) is 11.3 Å². The largest absolute Gasteiger partial charge is 0.349 e. The fourth-order valence-electron chi connectivity index (χ4n) is 1.31.